The standard InChI is InChI=1S/C15H12BrClN2/c1-10-6-13(16)15(7-14(10)17)19-9-12-4-2-11(8-18)3-5-12/h2-7,19H,9H2,1H3. The molecule has 0 saturated carbocycles. The van der Waals surface area contributed by atoms with Crippen molar-refractivity contribution in [2.45, 2.75) is 13.5 Å². The molecule has 2 rings (SSSR count). The lowest BCUT2D eigenvalue weighted by atomic mass is 10.1. The summed E-state index contributed by atoms with van der Waals surface area (Å²) in [5.74, 6) is 0. The molecule has 0 aromatic heterocycles. The van der Waals surface area contributed by atoms with Gasteiger partial charge in [0.1, 0.15) is 0 Å². The van der Waals surface area contributed by atoms with Gasteiger partial charge in [0.15, 0.2) is 0 Å². The van der Waals surface area contributed by atoms with Gasteiger partial charge in [-0.25, -0.2) is 0 Å². The average molecular weight is 336 g/mol. The van der Waals surface area contributed by atoms with Crippen LogP contribution in [0.4, 0.5) is 5.69 Å². The maximum absolute atomic E-state index is 8.74. The lowest BCUT2D eigenvalue weighted by Crippen LogP contribution is -2.00. The second kappa shape index (κ2) is 6.10. The van der Waals surface area contributed by atoms with Crippen LogP contribution in [0, 0.1) is 18.3 Å². The lowest BCUT2D eigenvalue weighted by molar-refractivity contribution is 1.14. The Morgan fingerprint density at radius 3 is 2.58 bits per heavy atom. The second-order valence-electron chi connectivity index (χ2n) is 4.24. The molecule has 2 aromatic rings. The second-order valence-corrected chi connectivity index (χ2v) is 5.51. The summed E-state index contributed by atoms with van der Waals surface area (Å²) in [5.41, 5.74) is 3.78. The van der Waals surface area contributed by atoms with Crippen LogP contribution in [0.5, 0.6) is 0 Å². The first-order valence-corrected chi connectivity index (χ1v) is 6.96. The SMILES string of the molecule is Cc1cc(Br)c(NCc2ccc(C#N)cc2)cc1Cl. The molecule has 0 unspecified atom stereocenters. The molecular weight excluding hydrogens is 324 g/mol. The highest BCUT2D eigenvalue weighted by molar-refractivity contribution is 9.10. The van der Waals surface area contributed by atoms with Crippen LogP contribution in [0.15, 0.2) is 40.9 Å². The van der Waals surface area contributed by atoms with Crippen molar-refractivity contribution in [1.82, 2.24) is 0 Å². The Balaban J connectivity index is 2.10. The van der Waals surface area contributed by atoms with Gasteiger partial charge in [-0.3, -0.25) is 0 Å². The smallest absolute Gasteiger partial charge is 0.0991 e. The molecule has 96 valence electrons. The number of halogens is 2. The highest BCUT2D eigenvalue weighted by Crippen LogP contribution is 2.29. The van der Waals surface area contributed by atoms with Crippen LogP contribution in [0.25, 0.3) is 0 Å². The predicted molar refractivity (Wildman–Crippen MR) is 82.4 cm³/mol. The average Bonchev–Trinajstić information content (AvgIpc) is 2.42. The fourth-order valence-electron chi connectivity index (χ4n) is 1.68. The summed E-state index contributed by atoms with van der Waals surface area (Å²) in [6.45, 7) is 2.65. The summed E-state index contributed by atoms with van der Waals surface area (Å²) >= 11 is 9.62. The molecule has 0 atom stereocenters. The van der Waals surface area contributed by atoms with Gasteiger partial charge in [0, 0.05) is 16.0 Å². The van der Waals surface area contributed by atoms with Gasteiger partial charge in [-0.15, -0.1) is 0 Å². The number of anilines is 1. The molecule has 0 radical (unpaired) electrons. The van der Waals surface area contributed by atoms with Crippen molar-refractivity contribution in [3.63, 3.8) is 0 Å². The number of nitriles is 1. The zero-order chi connectivity index (χ0) is 13.8. The molecule has 2 nitrogen and oxygen atoms in total. The number of hydrogen-bond acceptors (Lipinski definition) is 2. The summed E-state index contributed by atoms with van der Waals surface area (Å²) in [6.07, 6.45) is 0. The third-order valence-corrected chi connectivity index (χ3v) is 3.88. The summed E-state index contributed by atoms with van der Waals surface area (Å²) in [4.78, 5) is 0. The highest BCUT2D eigenvalue weighted by atomic mass is 79.9. The minimum Gasteiger partial charge on any atom is -0.380 e. The molecule has 1 N–H and O–H groups in total. The van der Waals surface area contributed by atoms with Crippen molar-refractivity contribution in [2.75, 3.05) is 5.32 Å². The van der Waals surface area contributed by atoms with Gasteiger partial charge in [-0.2, -0.15) is 5.26 Å². The molecule has 0 spiro atoms. The number of rotatable bonds is 3. The fourth-order valence-corrected chi connectivity index (χ4v) is 2.44. The van der Waals surface area contributed by atoms with Crippen molar-refractivity contribution in [3.8, 4) is 6.07 Å². The summed E-state index contributed by atoms with van der Waals surface area (Å²) in [6, 6.07) is 13.5. The van der Waals surface area contributed by atoms with Gasteiger partial charge in [-0.1, -0.05) is 23.7 Å². The van der Waals surface area contributed by atoms with E-state index >= 15 is 0 Å². The molecule has 2 aromatic carbocycles. The van der Waals surface area contributed by atoms with E-state index < -0.39 is 0 Å². The van der Waals surface area contributed by atoms with Crippen molar-refractivity contribution >= 4 is 33.2 Å². The first kappa shape index (κ1) is 13.9. The number of nitrogens with one attached hydrogen (secondary N) is 1. The van der Waals surface area contributed by atoms with Crippen LogP contribution in [0.2, 0.25) is 5.02 Å². The van der Waals surface area contributed by atoms with Crippen LogP contribution in [0.1, 0.15) is 16.7 Å². The van der Waals surface area contributed by atoms with Gasteiger partial charge >= 0.3 is 0 Å². The Hall–Kier alpha value is -1.50. The first-order valence-electron chi connectivity index (χ1n) is 5.78. The highest BCUT2D eigenvalue weighted by Gasteiger charge is 2.04. The van der Waals surface area contributed by atoms with Gasteiger partial charge in [0.05, 0.1) is 17.3 Å². The van der Waals surface area contributed by atoms with Crippen LogP contribution in [0.3, 0.4) is 0 Å². The molecule has 0 bridgehead atoms. The molecule has 4 heteroatoms. The summed E-state index contributed by atoms with van der Waals surface area (Å²) in [7, 11) is 0. The van der Waals surface area contributed by atoms with Crippen molar-refractivity contribution in [3.05, 3.63) is 62.6 Å². The minimum absolute atomic E-state index is 0.670. The maximum Gasteiger partial charge on any atom is 0.0991 e. The minimum atomic E-state index is 0.670. The molecule has 0 saturated heterocycles. The molecular formula is C15H12BrClN2. The molecule has 0 aliphatic heterocycles. The van der Waals surface area contributed by atoms with Crippen LogP contribution < -0.4 is 5.32 Å². The fraction of sp³-hybridized carbons (Fsp3) is 0.133. The van der Waals surface area contributed by atoms with E-state index in [0.717, 1.165) is 26.3 Å². The molecule has 0 fully saturated rings. The predicted octanol–water partition coefficient (Wildman–Crippen LogP) is 4.89. The summed E-state index contributed by atoms with van der Waals surface area (Å²) < 4.78 is 0.989. The van der Waals surface area contributed by atoms with E-state index in [4.69, 9.17) is 16.9 Å². The molecule has 0 heterocycles. The Morgan fingerprint density at radius 2 is 1.95 bits per heavy atom. The maximum atomic E-state index is 8.74. The zero-order valence-electron chi connectivity index (χ0n) is 10.4. The van der Waals surface area contributed by atoms with Gasteiger partial charge in [-0.05, 0) is 58.2 Å². The van der Waals surface area contributed by atoms with Crippen molar-refractivity contribution < 1.29 is 0 Å². The zero-order valence-corrected chi connectivity index (χ0v) is 12.7. The van der Waals surface area contributed by atoms with Gasteiger partial charge in [0.25, 0.3) is 0 Å². The van der Waals surface area contributed by atoms with E-state index in [-0.39, 0.29) is 0 Å². The molecule has 0 amide bonds. The van der Waals surface area contributed by atoms with E-state index in [2.05, 4.69) is 27.3 Å². The summed E-state index contributed by atoms with van der Waals surface area (Å²) in [5, 5.41) is 12.8. The molecule has 0 aliphatic carbocycles. The van der Waals surface area contributed by atoms with Crippen molar-refractivity contribution in [1.29, 1.82) is 5.26 Å². The monoisotopic (exact) mass is 334 g/mol. The van der Waals surface area contributed by atoms with Gasteiger partial charge < -0.3 is 5.32 Å². The quantitative estimate of drug-likeness (QED) is 0.866. The Labute approximate surface area is 126 Å². The largest absolute Gasteiger partial charge is 0.380 e. The first-order chi connectivity index (χ1) is 9.10. The Kier molecular flexibility index (Phi) is 4.47. The molecule has 0 aliphatic rings. The lowest BCUT2D eigenvalue weighted by Gasteiger charge is -2.10. The Bertz CT molecular complexity index is 630. The topological polar surface area (TPSA) is 35.8 Å². The van der Waals surface area contributed by atoms with E-state index in [9.17, 15) is 0 Å². The van der Waals surface area contributed by atoms with E-state index in [1.165, 1.54) is 0 Å². The number of nitrogens with zero attached hydrogens (tertiary/aromatic N) is 1. The van der Waals surface area contributed by atoms with Crippen molar-refractivity contribution in [2.24, 2.45) is 0 Å². The third-order valence-electron chi connectivity index (χ3n) is 2.81. The third kappa shape index (κ3) is 3.50. The van der Waals surface area contributed by atoms with Crippen LogP contribution >= 0.6 is 27.5 Å². The van der Waals surface area contributed by atoms with Crippen LogP contribution in [-0.4, -0.2) is 0 Å². The number of hydrogen-bond donors (Lipinski definition) is 1. The number of aryl methyl sites for hydroxylation is 1. The van der Waals surface area contributed by atoms with E-state index in [0.29, 0.717) is 12.1 Å². The molecule has 19 heavy (non-hydrogen) atoms. The van der Waals surface area contributed by atoms with Gasteiger partial charge in [0.2, 0.25) is 0 Å². The van der Waals surface area contributed by atoms with E-state index in [1.54, 1.807) is 0 Å². The number of benzene rings is 2. The van der Waals surface area contributed by atoms with Crippen LogP contribution in [-0.2, 0) is 6.54 Å². The van der Waals surface area contributed by atoms with E-state index in [1.807, 2.05) is 43.3 Å². The normalized spacial score (nSPS) is 10.0. The Morgan fingerprint density at radius 1 is 1.26 bits per heavy atom.